The molecular weight excluding hydrogens is 404 g/mol. The van der Waals surface area contributed by atoms with E-state index in [1.165, 1.54) is 32.6 Å². The molecule has 166 valence electrons. The minimum Gasteiger partial charge on any atom is -0.454 e. The third-order valence-electron chi connectivity index (χ3n) is 7.19. The van der Waals surface area contributed by atoms with Crippen LogP contribution in [0, 0.1) is 0 Å². The number of quaternary nitrogens is 2. The first-order valence-electron chi connectivity index (χ1n) is 11.6. The largest absolute Gasteiger partial charge is 0.454 e. The standard InChI is InChI=1S/C25H28N4O3/c30-25(29-8-7-22-20(15-29)19-3-1-2-4-21(19)26-22)16-28-11-9-27(10-12-28)14-18-5-6-23-24(13-18)32-17-31-23/h1-6,13,26H,7-12,14-17H2/p+2. The zero-order chi connectivity index (χ0) is 21.5. The fourth-order valence-corrected chi connectivity index (χ4v) is 5.36. The van der Waals surface area contributed by atoms with Gasteiger partial charge in [0.1, 0.15) is 32.7 Å². The van der Waals surface area contributed by atoms with Gasteiger partial charge in [0.2, 0.25) is 6.79 Å². The van der Waals surface area contributed by atoms with Crippen molar-refractivity contribution in [3.8, 4) is 11.5 Å². The van der Waals surface area contributed by atoms with E-state index in [2.05, 4.69) is 46.3 Å². The quantitative estimate of drug-likeness (QED) is 0.532. The third kappa shape index (κ3) is 3.72. The number of piperazine rings is 1. The van der Waals surface area contributed by atoms with Gasteiger partial charge in [0, 0.05) is 47.2 Å². The molecule has 6 rings (SSSR count). The summed E-state index contributed by atoms with van der Waals surface area (Å²) >= 11 is 0. The summed E-state index contributed by atoms with van der Waals surface area (Å²) in [4.78, 5) is 21.7. The number of amides is 1. The minimum absolute atomic E-state index is 0.287. The molecule has 1 saturated heterocycles. The number of aromatic nitrogens is 1. The van der Waals surface area contributed by atoms with Gasteiger partial charge in [0.05, 0.1) is 0 Å². The van der Waals surface area contributed by atoms with Crippen LogP contribution < -0.4 is 19.3 Å². The van der Waals surface area contributed by atoms with Gasteiger partial charge in [-0.25, -0.2) is 0 Å². The second kappa shape index (κ2) is 8.15. The van der Waals surface area contributed by atoms with Gasteiger partial charge >= 0.3 is 0 Å². The molecule has 3 aliphatic heterocycles. The Labute approximate surface area is 187 Å². The lowest BCUT2D eigenvalue weighted by Gasteiger charge is -2.32. The summed E-state index contributed by atoms with van der Waals surface area (Å²) < 4.78 is 10.9. The van der Waals surface area contributed by atoms with Crippen molar-refractivity contribution in [2.75, 3.05) is 46.1 Å². The van der Waals surface area contributed by atoms with Gasteiger partial charge in [-0.15, -0.1) is 0 Å². The van der Waals surface area contributed by atoms with E-state index in [4.69, 9.17) is 9.47 Å². The van der Waals surface area contributed by atoms with Crippen LogP contribution in [-0.2, 0) is 24.3 Å². The molecule has 0 bridgehead atoms. The van der Waals surface area contributed by atoms with E-state index in [0.29, 0.717) is 13.3 Å². The van der Waals surface area contributed by atoms with E-state index in [1.807, 2.05) is 6.07 Å². The summed E-state index contributed by atoms with van der Waals surface area (Å²) in [6, 6.07) is 14.7. The number of aromatic amines is 1. The number of carbonyl (C=O) groups excluding carboxylic acids is 1. The van der Waals surface area contributed by atoms with Crippen LogP contribution in [0.1, 0.15) is 16.8 Å². The van der Waals surface area contributed by atoms with Crippen molar-refractivity contribution in [3.05, 3.63) is 59.3 Å². The fourth-order valence-electron chi connectivity index (χ4n) is 5.36. The number of ether oxygens (including phenoxy) is 2. The third-order valence-corrected chi connectivity index (χ3v) is 7.19. The average Bonchev–Trinajstić information content (AvgIpc) is 3.44. The molecule has 0 radical (unpaired) electrons. The average molecular weight is 435 g/mol. The summed E-state index contributed by atoms with van der Waals surface area (Å²) in [5, 5.41) is 1.26. The second-order valence-corrected chi connectivity index (χ2v) is 9.23. The smallest absolute Gasteiger partial charge is 0.278 e. The lowest BCUT2D eigenvalue weighted by Crippen LogP contribution is -3.28. The Morgan fingerprint density at radius 1 is 1.00 bits per heavy atom. The maximum absolute atomic E-state index is 13.1. The molecule has 1 amide bonds. The van der Waals surface area contributed by atoms with Crippen molar-refractivity contribution in [2.24, 2.45) is 0 Å². The topological polar surface area (TPSA) is 63.4 Å². The van der Waals surface area contributed by atoms with Crippen molar-refractivity contribution >= 4 is 16.8 Å². The highest BCUT2D eigenvalue weighted by Gasteiger charge is 2.29. The van der Waals surface area contributed by atoms with Crippen LogP contribution in [0.5, 0.6) is 11.5 Å². The van der Waals surface area contributed by atoms with Crippen LogP contribution in [-0.4, -0.2) is 61.9 Å². The predicted octanol–water partition coefficient (Wildman–Crippen LogP) is -0.235. The summed E-state index contributed by atoms with van der Waals surface area (Å²) in [6.07, 6.45) is 0.915. The molecule has 3 aliphatic rings. The van der Waals surface area contributed by atoms with E-state index < -0.39 is 0 Å². The number of nitrogens with zero attached hydrogens (tertiary/aromatic N) is 1. The molecule has 4 heterocycles. The Morgan fingerprint density at radius 3 is 2.72 bits per heavy atom. The number of hydrogen-bond donors (Lipinski definition) is 3. The van der Waals surface area contributed by atoms with Crippen molar-refractivity contribution in [3.63, 3.8) is 0 Å². The molecule has 32 heavy (non-hydrogen) atoms. The van der Waals surface area contributed by atoms with Gasteiger partial charge in [-0.1, -0.05) is 18.2 Å². The molecule has 7 heteroatoms. The molecule has 0 unspecified atom stereocenters. The highest BCUT2D eigenvalue weighted by atomic mass is 16.7. The first kappa shape index (κ1) is 19.6. The number of H-pyrrole nitrogens is 1. The molecule has 0 saturated carbocycles. The normalized spacial score (nSPS) is 22.2. The van der Waals surface area contributed by atoms with Crippen molar-refractivity contribution in [2.45, 2.75) is 19.5 Å². The SMILES string of the molecule is O=C(C[NH+]1CC[NH+](Cc2ccc3c(c2)OCO3)CC1)N1CCc2[nH]c3ccccc3c2C1. The van der Waals surface area contributed by atoms with Gasteiger partial charge in [-0.3, -0.25) is 4.79 Å². The molecular formula is C25H30N4O3+2. The molecule has 0 atom stereocenters. The van der Waals surface area contributed by atoms with Crippen LogP contribution in [0.4, 0.5) is 0 Å². The van der Waals surface area contributed by atoms with Crippen molar-refractivity contribution in [1.82, 2.24) is 9.88 Å². The Balaban J connectivity index is 1.02. The molecule has 0 spiro atoms. The number of fused-ring (bicyclic) bond motifs is 4. The van der Waals surface area contributed by atoms with E-state index in [-0.39, 0.29) is 5.91 Å². The molecule has 1 fully saturated rings. The number of nitrogens with one attached hydrogen (secondary N) is 3. The Morgan fingerprint density at radius 2 is 1.81 bits per heavy atom. The molecule has 1 aromatic heterocycles. The Hall–Kier alpha value is -3.03. The number of carbonyl (C=O) groups is 1. The number of rotatable bonds is 4. The summed E-state index contributed by atoms with van der Waals surface area (Å²) in [5.41, 5.74) is 5.06. The van der Waals surface area contributed by atoms with Gasteiger partial charge in [-0.05, 0) is 24.3 Å². The van der Waals surface area contributed by atoms with E-state index in [1.54, 1.807) is 4.90 Å². The summed E-state index contributed by atoms with van der Waals surface area (Å²) in [5.74, 6) is 1.99. The van der Waals surface area contributed by atoms with E-state index >= 15 is 0 Å². The lowest BCUT2D eigenvalue weighted by molar-refractivity contribution is -1.02. The predicted molar refractivity (Wildman–Crippen MR) is 120 cm³/mol. The maximum Gasteiger partial charge on any atom is 0.278 e. The number of benzene rings is 2. The van der Waals surface area contributed by atoms with E-state index in [0.717, 1.165) is 63.7 Å². The summed E-state index contributed by atoms with van der Waals surface area (Å²) in [7, 11) is 0. The number of hydrogen-bond acceptors (Lipinski definition) is 3. The minimum atomic E-state index is 0.287. The molecule has 7 nitrogen and oxygen atoms in total. The second-order valence-electron chi connectivity index (χ2n) is 9.23. The lowest BCUT2D eigenvalue weighted by atomic mass is 10.0. The highest BCUT2D eigenvalue weighted by molar-refractivity contribution is 5.86. The van der Waals surface area contributed by atoms with Gasteiger partial charge < -0.3 is 29.2 Å². The monoisotopic (exact) mass is 434 g/mol. The van der Waals surface area contributed by atoms with E-state index in [9.17, 15) is 4.79 Å². The number of para-hydroxylation sites is 1. The van der Waals surface area contributed by atoms with Gasteiger partial charge in [-0.2, -0.15) is 0 Å². The molecule has 0 aliphatic carbocycles. The van der Waals surface area contributed by atoms with Crippen LogP contribution in [0.15, 0.2) is 42.5 Å². The van der Waals surface area contributed by atoms with Crippen LogP contribution in [0.2, 0.25) is 0 Å². The molecule has 3 N–H and O–H groups in total. The van der Waals surface area contributed by atoms with Crippen molar-refractivity contribution < 1.29 is 24.1 Å². The zero-order valence-corrected chi connectivity index (χ0v) is 18.3. The van der Waals surface area contributed by atoms with Crippen LogP contribution in [0.3, 0.4) is 0 Å². The first-order chi connectivity index (χ1) is 15.7. The first-order valence-corrected chi connectivity index (χ1v) is 11.6. The maximum atomic E-state index is 13.1. The van der Waals surface area contributed by atoms with Crippen molar-refractivity contribution in [1.29, 1.82) is 0 Å². The Kier molecular flexibility index (Phi) is 5.00. The van der Waals surface area contributed by atoms with Crippen LogP contribution >= 0.6 is 0 Å². The highest BCUT2D eigenvalue weighted by Crippen LogP contribution is 2.32. The summed E-state index contributed by atoms with van der Waals surface area (Å²) in [6.45, 7) is 7.71. The molecule has 2 aromatic carbocycles. The van der Waals surface area contributed by atoms with Crippen LogP contribution in [0.25, 0.3) is 10.9 Å². The molecule has 3 aromatic rings. The van der Waals surface area contributed by atoms with Gasteiger partial charge in [0.25, 0.3) is 5.91 Å². The zero-order valence-electron chi connectivity index (χ0n) is 18.3. The fraction of sp³-hybridized carbons (Fsp3) is 0.400. The van der Waals surface area contributed by atoms with Gasteiger partial charge in [0.15, 0.2) is 18.0 Å². The Bertz CT molecular complexity index is 1150.